The Kier molecular flexibility index (Phi) is 5.01. The first-order chi connectivity index (χ1) is 15.4. The number of nitrogen functional groups attached to an aromatic ring is 1. The van der Waals surface area contributed by atoms with E-state index in [-0.39, 0.29) is 11.6 Å². The standard InChI is InChI=1S/C24H27N7O/c1-15-13-18(14-16(2)26-15)20-21(17-7-5-4-6-8-17)27-23(25)31-22(20)28-30(24(31)32)12-11-29(3)19-9-10-19/h4-8,13-14,19H,9-12H2,1-3H3,(H2,25,27). The summed E-state index contributed by atoms with van der Waals surface area (Å²) < 4.78 is 2.93. The molecule has 0 unspecified atom stereocenters. The zero-order valence-corrected chi connectivity index (χ0v) is 18.6. The van der Waals surface area contributed by atoms with E-state index in [1.54, 1.807) is 0 Å². The van der Waals surface area contributed by atoms with Gasteiger partial charge in [0.15, 0.2) is 5.65 Å². The summed E-state index contributed by atoms with van der Waals surface area (Å²) in [5.74, 6) is 0.136. The van der Waals surface area contributed by atoms with Crippen molar-refractivity contribution in [1.29, 1.82) is 0 Å². The number of aryl methyl sites for hydroxylation is 2. The Morgan fingerprint density at radius 2 is 1.75 bits per heavy atom. The van der Waals surface area contributed by atoms with Crippen LogP contribution in [0.2, 0.25) is 0 Å². The fraction of sp³-hybridized carbons (Fsp3) is 0.333. The molecule has 8 nitrogen and oxygen atoms in total. The maximum Gasteiger partial charge on any atom is 0.353 e. The Bertz CT molecular complexity index is 1330. The van der Waals surface area contributed by atoms with Gasteiger partial charge < -0.3 is 10.6 Å². The van der Waals surface area contributed by atoms with Crippen molar-refractivity contribution in [2.75, 3.05) is 19.3 Å². The van der Waals surface area contributed by atoms with Crippen LogP contribution in [-0.2, 0) is 6.54 Å². The molecule has 32 heavy (non-hydrogen) atoms. The quantitative estimate of drug-likeness (QED) is 0.506. The van der Waals surface area contributed by atoms with Gasteiger partial charge in [0.2, 0.25) is 5.95 Å². The Labute approximate surface area is 186 Å². The third-order valence-corrected chi connectivity index (χ3v) is 6.01. The largest absolute Gasteiger partial charge is 0.369 e. The van der Waals surface area contributed by atoms with Crippen LogP contribution in [0, 0.1) is 13.8 Å². The maximum absolute atomic E-state index is 13.2. The SMILES string of the molecule is Cc1cc(-c2c(-c3ccccc3)nc(N)n3c(=O)n(CCN(C)C4CC4)nc23)cc(C)n1. The minimum atomic E-state index is -0.266. The number of aromatic nitrogens is 5. The molecule has 3 aromatic heterocycles. The molecule has 1 saturated carbocycles. The second kappa shape index (κ2) is 7.87. The van der Waals surface area contributed by atoms with Crippen molar-refractivity contribution in [1.82, 2.24) is 29.0 Å². The number of benzene rings is 1. The van der Waals surface area contributed by atoms with Crippen LogP contribution in [0.5, 0.6) is 0 Å². The van der Waals surface area contributed by atoms with Crippen LogP contribution in [0.4, 0.5) is 5.95 Å². The first kappa shape index (κ1) is 20.4. The number of anilines is 1. The fourth-order valence-electron chi connectivity index (χ4n) is 4.25. The number of fused-ring (bicyclic) bond motifs is 1. The Morgan fingerprint density at radius 1 is 1.06 bits per heavy atom. The van der Waals surface area contributed by atoms with E-state index in [4.69, 9.17) is 10.8 Å². The highest BCUT2D eigenvalue weighted by atomic mass is 16.2. The third-order valence-electron chi connectivity index (χ3n) is 6.01. The molecule has 3 heterocycles. The second-order valence-corrected chi connectivity index (χ2v) is 8.57. The first-order valence-electron chi connectivity index (χ1n) is 10.9. The second-order valence-electron chi connectivity index (χ2n) is 8.57. The normalized spacial score (nSPS) is 13.9. The lowest BCUT2D eigenvalue weighted by molar-refractivity contribution is 0.301. The predicted octanol–water partition coefficient (Wildman–Crippen LogP) is 2.91. The number of rotatable bonds is 6. The molecule has 1 aliphatic carbocycles. The zero-order valence-electron chi connectivity index (χ0n) is 18.6. The highest BCUT2D eigenvalue weighted by Crippen LogP contribution is 2.34. The van der Waals surface area contributed by atoms with Gasteiger partial charge in [-0.25, -0.2) is 18.9 Å². The van der Waals surface area contributed by atoms with Crippen LogP contribution in [0.3, 0.4) is 0 Å². The highest BCUT2D eigenvalue weighted by Gasteiger charge is 2.26. The molecule has 164 valence electrons. The molecular weight excluding hydrogens is 402 g/mol. The Morgan fingerprint density at radius 3 is 2.41 bits per heavy atom. The smallest absolute Gasteiger partial charge is 0.353 e. The van der Waals surface area contributed by atoms with Crippen LogP contribution in [0.1, 0.15) is 24.2 Å². The molecule has 0 amide bonds. The van der Waals surface area contributed by atoms with Gasteiger partial charge in [-0.05, 0) is 51.4 Å². The van der Waals surface area contributed by atoms with E-state index < -0.39 is 0 Å². The fourth-order valence-corrected chi connectivity index (χ4v) is 4.25. The summed E-state index contributed by atoms with van der Waals surface area (Å²) in [5, 5.41) is 4.75. The Hall–Kier alpha value is -3.52. The highest BCUT2D eigenvalue weighted by molar-refractivity contribution is 5.90. The maximum atomic E-state index is 13.2. The van der Waals surface area contributed by atoms with Crippen molar-refractivity contribution in [3.8, 4) is 22.4 Å². The van der Waals surface area contributed by atoms with E-state index in [0.717, 1.165) is 34.6 Å². The summed E-state index contributed by atoms with van der Waals surface area (Å²) in [6.07, 6.45) is 2.44. The molecule has 0 radical (unpaired) electrons. The number of nitrogens with two attached hydrogens (primary N) is 1. The molecule has 8 heteroatoms. The molecule has 0 bridgehead atoms. The van der Waals surface area contributed by atoms with Crippen molar-refractivity contribution in [3.63, 3.8) is 0 Å². The van der Waals surface area contributed by atoms with Gasteiger partial charge in [0.25, 0.3) is 0 Å². The van der Waals surface area contributed by atoms with E-state index in [0.29, 0.717) is 23.9 Å². The van der Waals surface area contributed by atoms with Gasteiger partial charge in [0.1, 0.15) is 0 Å². The van der Waals surface area contributed by atoms with E-state index in [1.165, 1.54) is 21.9 Å². The summed E-state index contributed by atoms with van der Waals surface area (Å²) in [6.45, 7) is 5.18. The van der Waals surface area contributed by atoms with Gasteiger partial charge in [0, 0.05) is 29.5 Å². The monoisotopic (exact) mass is 429 g/mol. The van der Waals surface area contributed by atoms with E-state index in [9.17, 15) is 4.79 Å². The summed E-state index contributed by atoms with van der Waals surface area (Å²) in [5.41, 5.74) is 11.7. The van der Waals surface area contributed by atoms with Crippen LogP contribution in [0.15, 0.2) is 47.3 Å². The topological polar surface area (TPSA) is 94.3 Å². The number of hydrogen-bond acceptors (Lipinski definition) is 6. The minimum absolute atomic E-state index is 0.136. The number of pyridine rings is 1. The third kappa shape index (κ3) is 3.67. The lowest BCUT2D eigenvalue weighted by atomic mass is 9.99. The van der Waals surface area contributed by atoms with Crippen LogP contribution in [-0.4, -0.2) is 48.7 Å². The number of likely N-dealkylation sites (N-methyl/N-ethyl adjacent to an activating group) is 1. The van der Waals surface area contributed by atoms with Crippen molar-refractivity contribution in [2.45, 2.75) is 39.3 Å². The summed E-state index contributed by atoms with van der Waals surface area (Å²) in [4.78, 5) is 24.7. The summed E-state index contributed by atoms with van der Waals surface area (Å²) in [6, 6.07) is 14.5. The predicted molar refractivity (Wildman–Crippen MR) is 125 cm³/mol. The molecule has 0 atom stereocenters. The Balaban J connectivity index is 1.73. The van der Waals surface area contributed by atoms with E-state index in [2.05, 4.69) is 21.9 Å². The van der Waals surface area contributed by atoms with Gasteiger partial charge in [-0.1, -0.05) is 30.3 Å². The molecule has 1 fully saturated rings. The average Bonchev–Trinajstić information content (AvgIpc) is 3.56. The molecule has 0 saturated heterocycles. The summed E-state index contributed by atoms with van der Waals surface area (Å²) >= 11 is 0. The molecule has 1 aromatic carbocycles. The van der Waals surface area contributed by atoms with Crippen molar-refractivity contribution in [3.05, 3.63) is 64.3 Å². The molecule has 5 rings (SSSR count). The van der Waals surface area contributed by atoms with Gasteiger partial charge >= 0.3 is 5.69 Å². The molecule has 1 aliphatic rings. The lowest BCUT2D eigenvalue weighted by Crippen LogP contribution is -2.30. The molecule has 4 aromatic rings. The van der Waals surface area contributed by atoms with Gasteiger partial charge in [-0.2, -0.15) is 0 Å². The average molecular weight is 430 g/mol. The summed E-state index contributed by atoms with van der Waals surface area (Å²) in [7, 11) is 2.09. The minimum Gasteiger partial charge on any atom is -0.369 e. The molecule has 0 spiro atoms. The van der Waals surface area contributed by atoms with Crippen LogP contribution < -0.4 is 11.4 Å². The molecular formula is C24H27N7O. The van der Waals surface area contributed by atoms with E-state index in [1.807, 2.05) is 56.3 Å². The van der Waals surface area contributed by atoms with Crippen molar-refractivity contribution >= 4 is 11.6 Å². The first-order valence-corrected chi connectivity index (χ1v) is 10.9. The van der Waals surface area contributed by atoms with Gasteiger partial charge in [0.05, 0.1) is 17.8 Å². The van der Waals surface area contributed by atoms with Crippen LogP contribution in [0.25, 0.3) is 28.0 Å². The number of nitrogens with zero attached hydrogens (tertiary/aromatic N) is 6. The lowest BCUT2D eigenvalue weighted by Gasteiger charge is -2.14. The van der Waals surface area contributed by atoms with Gasteiger partial charge in [-0.3, -0.25) is 4.98 Å². The van der Waals surface area contributed by atoms with Crippen molar-refractivity contribution in [2.24, 2.45) is 0 Å². The van der Waals surface area contributed by atoms with E-state index >= 15 is 0 Å². The van der Waals surface area contributed by atoms with Gasteiger partial charge in [-0.15, -0.1) is 5.10 Å². The zero-order chi connectivity index (χ0) is 22.4. The molecule has 2 N–H and O–H groups in total. The molecule has 0 aliphatic heterocycles. The van der Waals surface area contributed by atoms with Crippen LogP contribution >= 0.6 is 0 Å². The number of hydrogen-bond donors (Lipinski definition) is 1. The van der Waals surface area contributed by atoms with Crippen molar-refractivity contribution < 1.29 is 0 Å².